The Kier molecular flexibility index (Phi) is 4.45. The molecule has 0 aromatic rings. The maximum absolute atomic E-state index is 3.90. The van der Waals surface area contributed by atoms with Crippen molar-refractivity contribution in [3.8, 4) is 0 Å². The average Bonchev–Trinajstić information content (AvgIpc) is 2.68. The van der Waals surface area contributed by atoms with Gasteiger partial charge in [0.05, 0.1) is 0 Å². The summed E-state index contributed by atoms with van der Waals surface area (Å²) in [5, 5.41) is 3.90. The highest BCUT2D eigenvalue weighted by atomic mass is 15.2. The standard InChI is InChI=1S/C16H31N3/c1-3-19-8-6-13(7-9-19)12-17-14-10-15-4-5-16(11-14)18(15)2/h13-17H,3-12H2,1-2H3. The zero-order chi connectivity index (χ0) is 13.2. The van der Waals surface area contributed by atoms with Crippen molar-refractivity contribution in [1.82, 2.24) is 15.1 Å². The molecule has 19 heavy (non-hydrogen) atoms. The molecule has 3 heterocycles. The van der Waals surface area contributed by atoms with Gasteiger partial charge in [-0.05, 0) is 77.7 Å². The van der Waals surface area contributed by atoms with E-state index >= 15 is 0 Å². The molecule has 3 aliphatic rings. The first-order valence-electron chi connectivity index (χ1n) is 8.44. The molecule has 110 valence electrons. The van der Waals surface area contributed by atoms with Crippen LogP contribution in [0, 0.1) is 5.92 Å². The minimum Gasteiger partial charge on any atom is -0.314 e. The molecule has 3 rings (SSSR count). The summed E-state index contributed by atoms with van der Waals surface area (Å²) < 4.78 is 0. The SMILES string of the molecule is CCN1CCC(CNC2CC3CCC(C2)N3C)CC1. The second kappa shape index (κ2) is 6.11. The average molecular weight is 265 g/mol. The van der Waals surface area contributed by atoms with Gasteiger partial charge in [-0.15, -0.1) is 0 Å². The van der Waals surface area contributed by atoms with Crippen LogP contribution in [-0.2, 0) is 0 Å². The first-order chi connectivity index (χ1) is 9.26. The van der Waals surface area contributed by atoms with Gasteiger partial charge in [-0.25, -0.2) is 0 Å². The van der Waals surface area contributed by atoms with E-state index in [-0.39, 0.29) is 0 Å². The zero-order valence-corrected chi connectivity index (χ0v) is 12.8. The Bertz CT molecular complexity index is 272. The maximum Gasteiger partial charge on any atom is 0.0111 e. The van der Waals surface area contributed by atoms with Gasteiger partial charge in [-0.1, -0.05) is 6.92 Å². The lowest BCUT2D eigenvalue weighted by Gasteiger charge is -2.38. The third kappa shape index (κ3) is 3.14. The molecule has 2 bridgehead atoms. The number of hydrogen-bond donors (Lipinski definition) is 1. The van der Waals surface area contributed by atoms with Gasteiger partial charge in [0, 0.05) is 18.1 Å². The Hall–Kier alpha value is -0.120. The first kappa shape index (κ1) is 13.8. The van der Waals surface area contributed by atoms with Crippen LogP contribution in [0.4, 0.5) is 0 Å². The largest absolute Gasteiger partial charge is 0.314 e. The van der Waals surface area contributed by atoms with Gasteiger partial charge in [0.2, 0.25) is 0 Å². The molecule has 2 unspecified atom stereocenters. The molecule has 2 atom stereocenters. The molecule has 0 radical (unpaired) electrons. The summed E-state index contributed by atoms with van der Waals surface area (Å²) in [6, 6.07) is 2.55. The van der Waals surface area contributed by atoms with Crippen molar-refractivity contribution in [2.75, 3.05) is 33.2 Å². The van der Waals surface area contributed by atoms with Crippen LogP contribution >= 0.6 is 0 Å². The molecule has 0 aliphatic carbocycles. The summed E-state index contributed by atoms with van der Waals surface area (Å²) in [7, 11) is 2.33. The van der Waals surface area contributed by atoms with Crippen LogP contribution in [0.1, 0.15) is 45.4 Å². The van der Waals surface area contributed by atoms with Crippen molar-refractivity contribution in [1.29, 1.82) is 0 Å². The zero-order valence-electron chi connectivity index (χ0n) is 12.8. The number of nitrogens with zero attached hydrogens (tertiary/aromatic N) is 2. The normalized spacial score (nSPS) is 37.9. The van der Waals surface area contributed by atoms with E-state index in [1.807, 2.05) is 0 Å². The minimum atomic E-state index is 0.804. The van der Waals surface area contributed by atoms with Gasteiger partial charge in [0.15, 0.2) is 0 Å². The molecular weight excluding hydrogens is 234 g/mol. The minimum absolute atomic E-state index is 0.804. The number of piperidine rings is 2. The topological polar surface area (TPSA) is 18.5 Å². The van der Waals surface area contributed by atoms with Crippen molar-refractivity contribution >= 4 is 0 Å². The summed E-state index contributed by atoms with van der Waals surface area (Å²) in [6.07, 6.45) is 8.46. The highest BCUT2D eigenvalue weighted by Crippen LogP contribution is 2.34. The lowest BCUT2D eigenvalue weighted by Crippen LogP contribution is -2.48. The number of rotatable bonds is 4. The van der Waals surface area contributed by atoms with E-state index in [1.165, 1.54) is 64.7 Å². The van der Waals surface area contributed by atoms with E-state index in [0.717, 1.165) is 24.0 Å². The molecule has 3 saturated heterocycles. The van der Waals surface area contributed by atoms with Crippen LogP contribution < -0.4 is 5.32 Å². The van der Waals surface area contributed by atoms with Crippen molar-refractivity contribution in [2.24, 2.45) is 5.92 Å². The summed E-state index contributed by atoms with van der Waals surface area (Å²) in [4.78, 5) is 5.23. The smallest absolute Gasteiger partial charge is 0.0111 e. The van der Waals surface area contributed by atoms with Crippen LogP contribution in [0.5, 0.6) is 0 Å². The highest BCUT2D eigenvalue weighted by Gasteiger charge is 2.38. The fourth-order valence-electron chi connectivity index (χ4n) is 4.42. The van der Waals surface area contributed by atoms with E-state index in [4.69, 9.17) is 0 Å². The van der Waals surface area contributed by atoms with E-state index in [0.29, 0.717) is 0 Å². The van der Waals surface area contributed by atoms with Gasteiger partial charge in [-0.2, -0.15) is 0 Å². The van der Waals surface area contributed by atoms with Crippen LogP contribution in [0.3, 0.4) is 0 Å². The highest BCUT2D eigenvalue weighted by molar-refractivity contribution is 4.96. The van der Waals surface area contributed by atoms with Crippen molar-refractivity contribution in [3.63, 3.8) is 0 Å². The number of nitrogens with one attached hydrogen (secondary N) is 1. The third-order valence-corrected chi connectivity index (χ3v) is 5.95. The molecule has 0 amide bonds. The molecule has 0 aromatic carbocycles. The summed E-state index contributed by atoms with van der Waals surface area (Å²) in [5.41, 5.74) is 0. The Morgan fingerprint density at radius 3 is 2.21 bits per heavy atom. The van der Waals surface area contributed by atoms with Gasteiger partial charge < -0.3 is 15.1 Å². The maximum atomic E-state index is 3.90. The molecule has 0 aromatic heterocycles. The first-order valence-corrected chi connectivity index (χ1v) is 8.44. The number of likely N-dealkylation sites (tertiary alicyclic amines) is 1. The molecule has 0 spiro atoms. The Labute approximate surface area is 118 Å². The van der Waals surface area contributed by atoms with Crippen molar-refractivity contribution in [2.45, 2.75) is 63.6 Å². The second-order valence-electron chi connectivity index (χ2n) is 7.00. The molecule has 3 heteroatoms. The molecule has 1 N–H and O–H groups in total. The molecular formula is C16H31N3. The fraction of sp³-hybridized carbons (Fsp3) is 1.00. The molecule has 3 fully saturated rings. The van der Waals surface area contributed by atoms with Crippen molar-refractivity contribution in [3.05, 3.63) is 0 Å². The van der Waals surface area contributed by atoms with Gasteiger partial charge in [0.1, 0.15) is 0 Å². The fourth-order valence-corrected chi connectivity index (χ4v) is 4.42. The van der Waals surface area contributed by atoms with E-state index in [2.05, 4.69) is 29.1 Å². The van der Waals surface area contributed by atoms with Crippen molar-refractivity contribution < 1.29 is 0 Å². The molecule has 3 aliphatic heterocycles. The lowest BCUT2D eigenvalue weighted by atomic mass is 9.94. The summed E-state index contributed by atoms with van der Waals surface area (Å²) in [5.74, 6) is 0.931. The predicted octanol–water partition coefficient (Wildman–Crippen LogP) is 1.93. The third-order valence-electron chi connectivity index (χ3n) is 5.95. The number of hydrogen-bond acceptors (Lipinski definition) is 3. The second-order valence-corrected chi connectivity index (χ2v) is 7.00. The van der Waals surface area contributed by atoms with Crippen LogP contribution in [-0.4, -0.2) is 61.2 Å². The van der Waals surface area contributed by atoms with Gasteiger partial charge in [0.25, 0.3) is 0 Å². The van der Waals surface area contributed by atoms with Gasteiger partial charge >= 0.3 is 0 Å². The summed E-state index contributed by atoms with van der Waals surface area (Å²) >= 11 is 0. The van der Waals surface area contributed by atoms with Crippen LogP contribution in [0.15, 0.2) is 0 Å². The van der Waals surface area contributed by atoms with E-state index in [1.54, 1.807) is 0 Å². The quantitative estimate of drug-likeness (QED) is 0.838. The Morgan fingerprint density at radius 1 is 1.00 bits per heavy atom. The molecule has 3 nitrogen and oxygen atoms in total. The monoisotopic (exact) mass is 265 g/mol. The van der Waals surface area contributed by atoms with E-state index < -0.39 is 0 Å². The Morgan fingerprint density at radius 2 is 1.63 bits per heavy atom. The lowest BCUT2D eigenvalue weighted by molar-refractivity contribution is 0.139. The van der Waals surface area contributed by atoms with Crippen LogP contribution in [0.2, 0.25) is 0 Å². The molecule has 0 saturated carbocycles. The van der Waals surface area contributed by atoms with Gasteiger partial charge in [-0.3, -0.25) is 0 Å². The Balaban J connectivity index is 1.39. The van der Waals surface area contributed by atoms with Crippen LogP contribution in [0.25, 0.3) is 0 Å². The number of fused-ring (bicyclic) bond motifs is 2. The summed E-state index contributed by atoms with van der Waals surface area (Å²) in [6.45, 7) is 7.43. The van der Waals surface area contributed by atoms with E-state index in [9.17, 15) is 0 Å². The predicted molar refractivity (Wildman–Crippen MR) is 80.4 cm³/mol.